The van der Waals surface area contributed by atoms with Crippen LogP contribution in [-0.4, -0.2) is 143 Å². The van der Waals surface area contributed by atoms with Crippen molar-refractivity contribution in [3.8, 4) is 5.75 Å². The predicted octanol–water partition coefficient (Wildman–Crippen LogP) is -1.89. The molecular formula is C37H51ClN6O12. The maximum absolute atomic E-state index is 13.7. The van der Waals surface area contributed by atoms with Crippen molar-refractivity contribution in [3.05, 3.63) is 64.3 Å². The minimum Gasteiger partial charge on any atom is -0.497 e. The summed E-state index contributed by atoms with van der Waals surface area (Å²) in [4.78, 5) is 27.1. The van der Waals surface area contributed by atoms with Crippen molar-refractivity contribution in [2.45, 2.75) is 112 Å². The summed E-state index contributed by atoms with van der Waals surface area (Å²) in [6, 6.07) is 7.89. The summed E-state index contributed by atoms with van der Waals surface area (Å²) in [6.07, 6.45) is -12.4. The largest absolute Gasteiger partial charge is 0.497 e. The Kier molecular flexibility index (Phi) is 13.3. The molecule has 56 heavy (non-hydrogen) atoms. The molecule has 18 nitrogen and oxygen atoms in total. The fourth-order valence-electron chi connectivity index (χ4n) is 7.58. The van der Waals surface area contributed by atoms with Gasteiger partial charge in [-0.05, 0) is 67.8 Å². The van der Waals surface area contributed by atoms with Gasteiger partial charge in [0, 0.05) is 40.3 Å². The van der Waals surface area contributed by atoms with Gasteiger partial charge in [0.25, 0.3) is 5.91 Å². The molecule has 1 aliphatic carbocycles. The third-order valence-corrected chi connectivity index (χ3v) is 11.1. The number of aromatic nitrogens is 1. The van der Waals surface area contributed by atoms with Crippen LogP contribution in [0.15, 0.2) is 42.5 Å². The minimum atomic E-state index is -1.59. The third kappa shape index (κ3) is 8.59. The number of ether oxygens (including phenoxy) is 6. The second-order valence-corrected chi connectivity index (χ2v) is 15.0. The molecule has 0 amide bonds. The molecule has 14 atom stereocenters. The number of nitrogens with zero attached hydrogens (tertiary/aromatic N) is 1. The fraction of sp³-hybridized carbons (Fsp3) is 0.568. The molecular weight excluding hydrogens is 756 g/mol. The van der Waals surface area contributed by atoms with E-state index in [9.17, 15) is 30.0 Å². The van der Waals surface area contributed by atoms with Crippen molar-refractivity contribution in [2.24, 2.45) is 28.7 Å². The van der Waals surface area contributed by atoms with Crippen molar-refractivity contribution in [3.63, 3.8) is 0 Å². The molecule has 3 fully saturated rings. The molecule has 6 rings (SSSR count). The van der Waals surface area contributed by atoms with Gasteiger partial charge in [-0.1, -0.05) is 11.6 Å². The Morgan fingerprint density at radius 1 is 0.857 bits per heavy atom. The summed E-state index contributed by atoms with van der Waals surface area (Å²) < 4.78 is 36.2. The van der Waals surface area contributed by atoms with Crippen LogP contribution in [0.3, 0.4) is 0 Å². The average Bonchev–Trinajstić information content (AvgIpc) is 3.44. The first kappa shape index (κ1) is 42.3. The second kappa shape index (κ2) is 17.7. The normalized spacial score (nSPS) is 35.0. The number of hydrogen-bond acceptors (Lipinski definition) is 17. The highest BCUT2D eigenvalue weighted by atomic mass is 35.5. The summed E-state index contributed by atoms with van der Waals surface area (Å²) in [5, 5.41) is 44.6. The first-order chi connectivity index (χ1) is 26.6. The van der Waals surface area contributed by atoms with E-state index < -0.39 is 98.2 Å². The van der Waals surface area contributed by atoms with E-state index in [0.717, 1.165) is 0 Å². The summed E-state index contributed by atoms with van der Waals surface area (Å²) in [5.74, 6) is -0.540. The van der Waals surface area contributed by atoms with Crippen molar-refractivity contribution >= 4 is 34.4 Å². The minimum absolute atomic E-state index is 0.00848. The van der Waals surface area contributed by atoms with Gasteiger partial charge in [-0.15, -0.1) is 0 Å². The Morgan fingerprint density at radius 2 is 1.50 bits per heavy atom. The van der Waals surface area contributed by atoms with Gasteiger partial charge in [0.05, 0.1) is 43.3 Å². The number of hydrogen-bond donors (Lipinski definition) is 9. The number of aliphatic hydroxyl groups is 4. The molecule has 3 aliphatic rings. The maximum Gasteiger partial charge on any atom is 0.310 e. The third-order valence-electron chi connectivity index (χ3n) is 10.8. The monoisotopic (exact) mass is 806 g/mol. The first-order valence-electron chi connectivity index (χ1n) is 18.3. The number of carbonyl (C=O) groups excluding carboxylic acids is 2. The molecule has 2 aliphatic heterocycles. The highest BCUT2D eigenvalue weighted by Crippen LogP contribution is 2.33. The topological polar surface area (TPSA) is 305 Å². The van der Waals surface area contributed by atoms with E-state index in [2.05, 4.69) is 0 Å². The van der Waals surface area contributed by atoms with E-state index in [4.69, 9.17) is 68.7 Å². The zero-order chi connectivity index (χ0) is 40.6. The highest BCUT2D eigenvalue weighted by molar-refractivity contribution is 6.30. The Labute approximate surface area is 327 Å². The second-order valence-electron chi connectivity index (χ2n) is 14.6. The van der Waals surface area contributed by atoms with Gasteiger partial charge < -0.3 is 77.5 Å². The van der Waals surface area contributed by atoms with Crippen LogP contribution in [0.2, 0.25) is 5.02 Å². The summed E-state index contributed by atoms with van der Waals surface area (Å²) >= 11 is 6.04. The number of rotatable bonds is 11. The Morgan fingerprint density at radius 3 is 2.14 bits per heavy atom. The number of benzene rings is 2. The SMILES string of the molecule is COc1ccc2c(c1)c(CC(=O)OC[C@H]1O[C@H](O[C@H]3C(N)C[C@H](N)[C@@H](O[C@H]4O[C@H](CN)[C@@H](O)C[C@H]4N)[C@@H]3O)[C@H](O)[C@@H](N)[C@@H]1O)c(C)n2C(=O)c1ccc(Cl)cc1. The number of methoxy groups -OCH3 is 1. The van der Waals surface area contributed by atoms with Gasteiger partial charge in [0.1, 0.15) is 49.0 Å². The molecule has 0 radical (unpaired) electrons. The number of halogens is 1. The van der Waals surface area contributed by atoms with Gasteiger partial charge in [0.2, 0.25) is 0 Å². The van der Waals surface area contributed by atoms with Crippen LogP contribution >= 0.6 is 11.6 Å². The van der Waals surface area contributed by atoms with Crippen molar-refractivity contribution in [1.82, 2.24) is 4.57 Å². The van der Waals surface area contributed by atoms with E-state index in [-0.39, 0.29) is 31.7 Å². The molecule has 0 spiro atoms. The lowest BCUT2D eigenvalue weighted by molar-refractivity contribution is -0.315. The molecule has 1 unspecified atom stereocenters. The lowest BCUT2D eigenvalue weighted by Crippen LogP contribution is -2.68. The molecule has 19 heteroatoms. The zero-order valence-corrected chi connectivity index (χ0v) is 31.7. The Bertz CT molecular complexity index is 1850. The molecule has 308 valence electrons. The number of carbonyl (C=O) groups is 2. The zero-order valence-electron chi connectivity index (χ0n) is 30.9. The van der Waals surface area contributed by atoms with Gasteiger partial charge in [-0.25, -0.2) is 0 Å². The number of aliphatic hydroxyl groups excluding tert-OH is 4. The van der Waals surface area contributed by atoms with Crippen molar-refractivity contribution in [1.29, 1.82) is 0 Å². The van der Waals surface area contributed by atoms with E-state index in [0.29, 0.717) is 38.5 Å². The Hall–Kier alpha value is -3.31. The Balaban J connectivity index is 1.14. The van der Waals surface area contributed by atoms with E-state index in [1.54, 1.807) is 49.4 Å². The summed E-state index contributed by atoms with van der Waals surface area (Å²) in [5.41, 5.74) is 32.7. The molecule has 1 saturated carbocycles. The van der Waals surface area contributed by atoms with Crippen LogP contribution in [0.4, 0.5) is 0 Å². The van der Waals surface area contributed by atoms with Crippen LogP contribution < -0.4 is 33.4 Å². The molecule has 0 bridgehead atoms. The highest BCUT2D eigenvalue weighted by Gasteiger charge is 2.50. The molecule has 3 aromatic rings. The molecule has 2 aromatic carbocycles. The van der Waals surface area contributed by atoms with Crippen LogP contribution in [0.25, 0.3) is 10.9 Å². The molecule has 3 heterocycles. The van der Waals surface area contributed by atoms with E-state index in [1.165, 1.54) is 11.7 Å². The first-order valence-corrected chi connectivity index (χ1v) is 18.7. The molecule has 14 N–H and O–H groups in total. The number of nitrogens with two attached hydrogens (primary N) is 5. The van der Waals surface area contributed by atoms with Crippen LogP contribution in [0, 0.1) is 6.92 Å². The smallest absolute Gasteiger partial charge is 0.310 e. The quantitative estimate of drug-likeness (QED) is 0.0957. The number of esters is 1. The summed E-state index contributed by atoms with van der Waals surface area (Å²) in [6.45, 7) is 1.23. The van der Waals surface area contributed by atoms with Crippen LogP contribution in [0.1, 0.15) is 34.5 Å². The standard InChI is InChI=1S/C37H51ClN6O12/c1-15-19(20-9-18(51-2)7-8-24(20)44(15)35(50)16-3-5-17(38)6-4-16)10-28(46)52-14-27-30(47)29(43)31(48)37(54-27)56-34-22(41)11-21(40)33(32(34)49)55-36-23(42)12-25(45)26(13-39)53-36/h3-9,21-23,25-27,29-34,36-37,45,47-49H,10-14,39-43H2,1-2H3/t21-,22?,23+,25-,26+,27+,29-,30+,31+,32-,33+,34-,36+,37+/m0/s1. The lowest BCUT2D eigenvalue weighted by Gasteiger charge is -2.47. The van der Waals surface area contributed by atoms with Gasteiger partial charge in [-0.2, -0.15) is 0 Å². The van der Waals surface area contributed by atoms with Crippen molar-refractivity contribution < 1.29 is 58.4 Å². The van der Waals surface area contributed by atoms with Crippen molar-refractivity contribution in [2.75, 3.05) is 20.3 Å². The van der Waals surface area contributed by atoms with Crippen LogP contribution in [0.5, 0.6) is 5.75 Å². The van der Waals surface area contributed by atoms with E-state index in [1.807, 2.05) is 0 Å². The van der Waals surface area contributed by atoms with Crippen LogP contribution in [-0.2, 0) is 34.9 Å². The average molecular weight is 807 g/mol. The molecule has 1 aromatic heterocycles. The number of fused-ring (bicyclic) bond motifs is 1. The molecule has 2 saturated heterocycles. The predicted molar refractivity (Wildman–Crippen MR) is 200 cm³/mol. The summed E-state index contributed by atoms with van der Waals surface area (Å²) in [7, 11) is 1.50. The maximum atomic E-state index is 13.7. The van der Waals surface area contributed by atoms with Gasteiger partial charge in [0.15, 0.2) is 12.6 Å². The van der Waals surface area contributed by atoms with Gasteiger partial charge >= 0.3 is 5.97 Å². The lowest BCUT2D eigenvalue weighted by atomic mass is 9.84. The van der Waals surface area contributed by atoms with E-state index >= 15 is 0 Å². The fourth-order valence-corrected chi connectivity index (χ4v) is 7.71. The van der Waals surface area contributed by atoms with Gasteiger partial charge in [-0.3, -0.25) is 14.2 Å².